The third-order valence-corrected chi connectivity index (χ3v) is 13.5. The number of carbonyl (C=O) groups is 3. The first-order valence-electron chi connectivity index (χ1n) is 21.7. The van der Waals surface area contributed by atoms with Gasteiger partial charge in [-0.1, -0.05) is 50.0 Å². The Morgan fingerprint density at radius 1 is 1.16 bits per heavy atom. The van der Waals surface area contributed by atoms with Crippen LogP contribution in [0.2, 0.25) is 0 Å². The summed E-state index contributed by atoms with van der Waals surface area (Å²) >= 11 is 7.00. The van der Waals surface area contributed by atoms with Crippen LogP contribution < -0.4 is 19.3 Å². The molecule has 1 unspecified atom stereocenters. The summed E-state index contributed by atoms with van der Waals surface area (Å²) in [5, 5.41) is 3.55. The molecule has 2 amide bonds. The molecule has 0 N–H and O–H groups in total. The molecule has 1 aliphatic carbocycles. The summed E-state index contributed by atoms with van der Waals surface area (Å²) in [5.74, 6) is 2.49. The Bertz CT molecular complexity index is 2970. The Hall–Kier alpha value is -5.88. The van der Waals surface area contributed by atoms with Gasteiger partial charge in [0.25, 0.3) is 5.91 Å². The van der Waals surface area contributed by atoms with Crippen LogP contribution in [0.1, 0.15) is 90.7 Å². The zero-order valence-electron chi connectivity index (χ0n) is 38.9. The predicted octanol–water partition coefficient (Wildman–Crippen LogP) is 8.63. The van der Waals surface area contributed by atoms with Crippen molar-refractivity contribution in [3.8, 4) is 18.1 Å². The van der Waals surface area contributed by atoms with Gasteiger partial charge in [0.2, 0.25) is 10.7 Å². The number of fused-ring (bicyclic) bond motifs is 2. The number of amides is 2. The molecule has 1 saturated carbocycles. The van der Waals surface area contributed by atoms with Crippen molar-refractivity contribution in [2.45, 2.75) is 89.9 Å². The Kier molecular flexibility index (Phi) is 16.3. The topological polar surface area (TPSA) is 166 Å². The number of sulfone groups is 1. The molecule has 14 nitrogen and oxygen atoms in total. The fourth-order valence-corrected chi connectivity index (χ4v) is 9.75. The van der Waals surface area contributed by atoms with Crippen LogP contribution in [-0.2, 0) is 49.7 Å². The quantitative estimate of drug-likeness (QED) is 0.0511. The van der Waals surface area contributed by atoms with Crippen LogP contribution in [0.15, 0.2) is 69.1 Å². The molecule has 0 spiro atoms. The summed E-state index contributed by atoms with van der Waals surface area (Å²) in [5.41, 5.74) is 2.52. The molecule has 3 aromatic carbocycles. The number of rotatable bonds is 12. The van der Waals surface area contributed by atoms with Crippen LogP contribution in [0, 0.1) is 30.5 Å². The van der Waals surface area contributed by atoms with Crippen molar-refractivity contribution in [3.63, 3.8) is 0 Å². The largest absolute Gasteiger partial charge is 0.481 e. The third kappa shape index (κ3) is 12.1. The molecule has 2 aromatic heterocycles. The van der Waals surface area contributed by atoms with Crippen molar-refractivity contribution in [2.24, 2.45) is 10.4 Å². The maximum atomic E-state index is 14.5. The maximum Gasteiger partial charge on any atom is 0.416 e. The van der Waals surface area contributed by atoms with E-state index in [0.717, 1.165) is 67.2 Å². The molecule has 8 rings (SSSR count). The number of alkyl halides is 4. The van der Waals surface area contributed by atoms with Crippen molar-refractivity contribution in [3.05, 3.63) is 105 Å². The van der Waals surface area contributed by atoms with E-state index in [0.29, 0.717) is 40.7 Å². The van der Waals surface area contributed by atoms with Crippen molar-refractivity contribution < 1.29 is 54.4 Å². The average Bonchev–Trinajstić information content (AvgIpc) is 3.78. The van der Waals surface area contributed by atoms with E-state index in [2.05, 4.69) is 47.3 Å². The molecule has 3 aliphatic rings. The number of aromatic nitrogens is 3. The van der Waals surface area contributed by atoms with E-state index in [4.69, 9.17) is 32.0 Å². The number of nitrogens with zero attached hydrogens (tertiary/aromatic N) is 6. The molecule has 21 heteroatoms. The molecule has 2 aliphatic heterocycles. The lowest BCUT2D eigenvalue weighted by Crippen LogP contribution is -2.43. The van der Waals surface area contributed by atoms with Gasteiger partial charge in [-0.25, -0.2) is 17.8 Å². The molecule has 1 atom stereocenters. The maximum absolute atomic E-state index is 14.5. The molecule has 69 heavy (non-hydrogen) atoms. The number of hydrogen-bond acceptors (Lipinski definition) is 12. The fraction of sp³-hybridized carbons (Fsp3) is 0.417. The number of anilines is 2. The fourth-order valence-electron chi connectivity index (χ4n) is 7.96. The van der Waals surface area contributed by atoms with E-state index in [-0.39, 0.29) is 65.0 Å². The smallest absolute Gasteiger partial charge is 0.416 e. The molecule has 0 radical (unpaired) electrons. The van der Waals surface area contributed by atoms with E-state index < -0.39 is 38.1 Å². The molecular weight excluding hydrogens is 964 g/mol. The second-order valence-electron chi connectivity index (χ2n) is 17.5. The minimum Gasteiger partial charge on any atom is -0.481 e. The monoisotopic (exact) mass is 1010 g/mol. The predicted molar refractivity (Wildman–Crippen MR) is 252 cm³/mol. The van der Waals surface area contributed by atoms with Gasteiger partial charge < -0.3 is 23.5 Å². The van der Waals surface area contributed by atoms with Gasteiger partial charge in [0, 0.05) is 55.4 Å². The number of ketones is 1. The number of para-hydroxylation sites is 1. The summed E-state index contributed by atoms with van der Waals surface area (Å²) in [4.78, 5) is 44.5. The standard InChI is InChI=1S/C18H17FN4O2S.C15H22ClNO2.C15H12F3NO4S/c1-4-5-22-13-7-12(11(19)6-14(13)25-9-16(22)24)20-17-23-10-18(2,3)8-15(23)21-26-17;1-5-13-8-6-7-11(2)15(13)17(14(18)9-16)12(3)10-19-4;1-24(21,22)12-6-9(15(16,17)18)4-5-10(12)13(20)11-7-19-23-14(11)8-2-3-8/h1,6-7H,5,8-10H2,2-3H3;6-8,12H,5,9-10H2,1-4H3;4-8H,2-3H2,1H3/b20-17-;;. The number of halogens is 5. The molecule has 0 saturated heterocycles. The Labute approximate surface area is 406 Å². The lowest BCUT2D eigenvalue weighted by atomic mass is 9.92. The third-order valence-electron chi connectivity index (χ3n) is 11.4. The minimum absolute atomic E-state index is 0.0223. The summed E-state index contributed by atoms with van der Waals surface area (Å²) in [7, 11) is -2.40. The number of methoxy groups -OCH3 is 1. The van der Waals surface area contributed by atoms with Gasteiger partial charge in [-0.3, -0.25) is 19.3 Å². The first-order chi connectivity index (χ1) is 32.5. The van der Waals surface area contributed by atoms with Crippen molar-refractivity contribution in [1.82, 2.24) is 14.1 Å². The van der Waals surface area contributed by atoms with E-state index in [1.165, 1.54) is 34.8 Å². The highest BCUT2D eigenvalue weighted by molar-refractivity contribution is 7.90. The Morgan fingerprint density at radius 2 is 1.88 bits per heavy atom. The first kappa shape index (κ1) is 52.5. The molecule has 4 heterocycles. The number of terminal acetylenes is 1. The minimum atomic E-state index is -4.71. The number of carbonyl (C=O) groups excluding carboxylic acids is 3. The molecule has 0 bridgehead atoms. The van der Waals surface area contributed by atoms with Gasteiger partial charge in [-0.05, 0) is 73.9 Å². The summed E-state index contributed by atoms with van der Waals surface area (Å²) < 4.78 is 98.8. The zero-order valence-corrected chi connectivity index (χ0v) is 41.3. The molecular formula is C48H51ClF4N6O8S2. The summed E-state index contributed by atoms with van der Waals surface area (Å²) in [6, 6.07) is 10.8. The lowest BCUT2D eigenvalue weighted by molar-refractivity contribution is -0.137. The normalized spacial score (nSPS) is 15.7. The second-order valence-corrected chi connectivity index (χ2v) is 20.5. The number of benzene rings is 3. The number of aryl methyl sites for hydroxylation is 2. The lowest BCUT2D eigenvalue weighted by Gasteiger charge is -2.31. The highest BCUT2D eigenvalue weighted by atomic mass is 35.5. The van der Waals surface area contributed by atoms with Crippen molar-refractivity contribution in [2.75, 3.05) is 48.8 Å². The van der Waals surface area contributed by atoms with E-state index >= 15 is 0 Å². The van der Waals surface area contributed by atoms with Crippen LogP contribution in [0.4, 0.5) is 34.6 Å². The van der Waals surface area contributed by atoms with Gasteiger partial charge in [0.1, 0.15) is 23.1 Å². The van der Waals surface area contributed by atoms with Gasteiger partial charge in [-0.2, -0.15) is 17.5 Å². The van der Waals surface area contributed by atoms with Gasteiger partial charge >= 0.3 is 6.18 Å². The van der Waals surface area contributed by atoms with Crippen molar-refractivity contribution in [1.29, 1.82) is 0 Å². The average molecular weight is 1020 g/mol. The molecule has 1 fully saturated rings. The highest BCUT2D eigenvalue weighted by Gasteiger charge is 2.37. The summed E-state index contributed by atoms with van der Waals surface area (Å²) in [6.07, 6.45) is 5.95. The number of ether oxygens (including phenoxy) is 2. The van der Waals surface area contributed by atoms with Crippen LogP contribution in [-0.4, -0.2) is 85.2 Å². The van der Waals surface area contributed by atoms with Gasteiger partial charge in [-0.15, -0.1) is 18.0 Å². The van der Waals surface area contributed by atoms with Crippen LogP contribution >= 0.6 is 23.1 Å². The van der Waals surface area contributed by atoms with E-state index in [9.17, 15) is 40.4 Å². The SMILES string of the molecule is C#CCN1C(=O)COc2cc(F)c(/N=c3\snc4n3CC(C)(C)C4)cc21.CCc1cccc(C)c1N(C(=O)CCl)C(C)COC.CS(=O)(=O)c1cc(C(F)(F)F)ccc1C(=O)c1cnoc1C1CC1. The summed E-state index contributed by atoms with van der Waals surface area (Å²) in [6.45, 7) is 11.6. The first-order valence-corrected chi connectivity index (χ1v) is 24.9. The number of hydrogen-bond donors (Lipinski definition) is 0. The van der Waals surface area contributed by atoms with E-state index in [1.54, 1.807) is 12.0 Å². The molecule has 368 valence electrons. The van der Waals surface area contributed by atoms with Crippen molar-refractivity contribution >= 4 is 67.6 Å². The zero-order chi connectivity index (χ0) is 50.6. The van der Waals surface area contributed by atoms with Crippen LogP contribution in [0.5, 0.6) is 5.75 Å². The molecule has 5 aromatic rings. The van der Waals surface area contributed by atoms with Gasteiger partial charge in [0.05, 0.1) is 52.8 Å². The van der Waals surface area contributed by atoms with E-state index in [1.807, 2.05) is 30.5 Å². The Balaban J connectivity index is 0.000000173. The van der Waals surface area contributed by atoms with Crippen LogP contribution in [0.25, 0.3) is 0 Å². The highest BCUT2D eigenvalue weighted by Crippen LogP contribution is 2.43. The Morgan fingerprint density at radius 3 is 2.51 bits per heavy atom. The van der Waals surface area contributed by atoms with Gasteiger partial charge in [0.15, 0.2) is 33.8 Å². The second kappa shape index (κ2) is 21.4. The van der Waals surface area contributed by atoms with Crippen LogP contribution in [0.3, 0.4) is 0 Å².